The van der Waals surface area contributed by atoms with Crippen molar-refractivity contribution in [1.29, 1.82) is 0 Å². The normalized spacial score (nSPS) is 12.2. The molecule has 0 rings (SSSR count). The Morgan fingerprint density at radius 3 is 2.36 bits per heavy atom. The highest BCUT2D eigenvalue weighted by atomic mass is 16.1. The lowest BCUT2D eigenvalue weighted by Gasteiger charge is -2.10. The number of allylic oxidation sites excluding steroid dienone is 1. The van der Waals surface area contributed by atoms with Gasteiger partial charge in [0.2, 0.25) is 0 Å². The molecule has 0 aliphatic rings. The van der Waals surface area contributed by atoms with E-state index in [1.165, 1.54) is 6.92 Å². The molecule has 2 heteroatoms. The summed E-state index contributed by atoms with van der Waals surface area (Å²) in [7, 11) is 0. The van der Waals surface area contributed by atoms with Gasteiger partial charge in [-0.25, -0.2) is 0 Å². The summed E-state index contributed by atoms with van der Waals surface area (Å²) < 4.78 is 0. The van der Waals surface area contributed by atoms with Crippen LogP contribution in [0.3, 0.4) is 0 Å². The molecule has 0 saturated heterocycles. The Balaban J connectivity index is 3.99. The number of carbonyl (C=O) groups is 2. The van der Waals surface area contributed by atoms with E-state index in [0.29, 0.717) is 12.8 Å². The summed E-state index contributed by atoms with van der Waals surface area (Å²) in [5.41, 5.74) is 0.910. The maximum Gasteiger partial charge on any atom is 0.130 e. The molecule has 62 valence electrons. The number of hydrogen-bond donors (Lipinski definition) is 0. The van der Waals surface area contributed by atoms with Crippen LogP contribution in [0.25, 0.3) is 0 Å². The van der Waals surface area contributed by atoms with Crippen molar-refractivity contribution in [3.05, 3.63) is 12.2 Å². The second-order valence-corrected chi connectivity index (χ2v) is 2.85. The molecule has 2 nitrogen and oxygen atoms in total. The Morgan fingerprint density at radius 2 is 2.09 bits per heavy atom. The number of aldehydes is 1. The third kappa shape index (κ3) is 4.48. The molecule has 11 heavy (non-hydrogen) atoms. The standard InChI is InChI=1S/C9H14O2/c1-7(2)9(4-5-10)6-8(3)11/h5,9H,1,4,6H2,2-3H3/t9-/m1/s1. The van der Waals surface area contributed by atoms with Crippen LogP contribution in [0, 0.1) is 5.92 Å². The highest BCUT2D eigenvalue weighted by molar-refractivity contribution is 5.76. The SMILES string of the molecule is C=C(C)[C@H](CC=O)CC(C)=O. The average molecular weight is 154 g/mol. The first-order chi connectivity index (χ1) is 5.07. The Hall–Kier alpha value is -0.920. The molecule has 0 aromatic heterocycles. The molecule has 1 atom stereocenters. The Labute approximate surface area is 67.3 Å². The minimum absolute atomic E-state index is 0.0463. The molecule has 0 bridgehead atoms. The van der Waals surface area contributed by atoms with Gasteiger partial charge in [-0.15, -0.1) is 0 Å². The number of ketones is 1. The molecule has 0 saturated carbocycles. The van der Waals surface area contributed by atoms with Gasteiger partial charge in [0, 0.05) is 12.8 Å². The zero-order valence-corrected chi connectivity index (χ0v) is 7.09. The van der Waals surface area contributed by atoms with Crippen LogP contribution in [-0.2, 0) is 9.59 Å². The lowest BCUT2D eigenvalue weighted by molar-refractivity contribution is -0.117. The number of hydrogen-bond acceptors (Lipinski definition) is 2. The van der Waals surface area contributed by atoms with Crippen molar-refractivity contribution in [2.24, 2.45) is 5.92 Å². The van der Waals surface area contributed by atoms with Crippen molar-refractivity contribution in [2.75, 3.05) is 0 Å². The van der Waals surface area contributed by atoms with Gasteiger partial charge in [-0.1, -0.05) is 12.2 Å². The molecule has 0 aromatic carbocycles. The third-order valence-corrected chi connectivity index (χ3v) is 1.61. The fraction of sp³-hybridized carbons (Fsp3) is 0.556. The quantitative estimate of drug-likeness (QED) is 0.446. The van der Waals surface area contributed by atoms with Crippen molar-refractivity contribution in [2.45, 2.75) is 26.7 Å². The van der Waals surface area contributed by atoms with Gasteiger partial charge in [0.15, 0.2) is 0 Å². The zero-order valence-electron chi connectivity index (χ0n) is 7.09. The minimum atomic E-state index is 0.0463. The molecule has 0 aromatic rings. The van der Waals surface area contributed by atoms with E-state index in [9.17, 15) is 9.59 Å². The van der Waals surface area contributed by atoms with Gasteiger partial charge >= 0.3 is 0 Å². The van der Waals surface area contributed by atoms with Crippen LogP contribution in [0.5, 0.6) is 0 Å². The van der Waals surface area contributed by atoms with Crippen molar-refractivity contribution < 1.29 is 9.59 Å². The Morgan fingerprint density at radius 1 is 1.55 bits per heavy atom. The molecule has 0 fully saturated rings. The predicted molar refractivity (Wildman–Crippen MR) is 44.3 cm³/mol. The summed E-state index contributed by atoms with van der Waals surface area (Å²) in [4.78, 5) is 20.8. The fourth-order valence-electron chi connectivity index (χ4n) is 0.922. The molecule has 0 radical (unpaired) electrons. The smallest absolute Gasteiger partial charge is 0.130 e. The topological polar surface area (TPSA) is 34.1 Å². The highest BCUT2D eigenvalue weighted by Crippen LogP contribution is 2.15. The Kier molecular flexibility index (Phi) is 4.42. The highest BCUT2D eigenvalue weighted by Gasteiger charge is 2.10. The van der Waals surface area contributed by atoms with E-state index in [2.05, 4.69) is 6.58 Å². The fourth-order valence-corrected chi connectivity index (χ4v) is 0.922. The molecular formula is C9H14O2. The zero-order chi connectivity index (χ0) is 8.85. The molecule has 0 spiro atoms. The van der Waals surface area contributed by atoms with Gasteiger partial charge in [-0.3, -0.25) is 0 Å². The number of Topliss-reactive ketones (excluding diaryl/α,β-unsaturated/α-hetero) is 1. The second-order valence-electron chi connectivity index (χ2n) is 2.85. The van der Waals surface area contributed by atoms with Gasteiger partial charge in [-0.2, -0.15) is 0 Å². The van der Waals surface area contributed by atoms with E-state index < -0.39 is 0 Å². The maximum absolute atomic E-state index is 10.7. The van der Waals surface area contributed by atoms with Crippen LogP contribution in [-0.4, -0.2) is 12.1 Å². The van der Waals surface area contributed by atoms with Crippen LogP contribution in [0.2, 0.25) is 0 Å². The monoisotopic (exact) mass is 154 g/mol. The second kappa shape index (κ2) is 4.83. The van der Waals surface area contributed by atoms with E-state index >= 15 is 0 Å². The predicted octanol–water partition coefficient (Wildman–Crippen LogP) is 1.75. The van der Waals surface area contributed by atoms with E-state index in [1.807, 2.05) is 6.92 Å². The summed E-state index contributed by atoms with van der Waals surface area (Å²) in [6.07, 6.45) is 1.69. The maximum atomic E-state index is 10.7. The summed E-state index contributed by atoms with van der Waals surface area (Å²) in [5, 5.41) is 0. The van der Waals surface area contributed by atoms with Crippen LogP contribution in [0.15, 0.2) is 12.2 Å². The molecule has 0 aliphatic heterocycles. The van der Waals surface area contributed by atoms with E-state index in [1.54, 1.807) is 0 Å². The Bertz CT molecular complexity index is 170. The van der Waals surface area contributed by atoms with E-state index in [0.717, 1.165) is 11.9 Å². The summed E-state index contributed by atoms with van der Waals surface area (Å²) in [6, 6.07) is 0. The number of carbonyl (C=O) groups excluding carboxylic acids is 2. The van der Waals surface area contributed by atoms with Gasteiger partial charge < -0.3 is 9.59 Å². The third-order valence-electron chi connectivity index (χ3n) is 1.61. The molecule has 0 heterocycles. The molecule has 0 amide bonds. The average Bonchev–Trinajstić information content (AvgIpc) is 1.86. The van der Waals surface area contributed by atoms with Crippen LogP contribution in [0.4, 0.5) is 0 Å². The van der Waals surface area contributed by atoms with Gasteiger partial charge in [-0.05, 0) is 19.8 Å². The van der Waals surface area contributed by atoms with Crippen LogP contribution < -0.4 is 0 Å². The lowest BCUT2D eigenvalue weighted by Crippen LogP contribution is -2.07. The molecule has 0 N–H and O–H groups in total. The van der Waals surface area contributed by atoms with Crippen LogP contribution >= 0.6 is 0 Å². The first kappa shape index (κ1) is 10.1. The molecule has 0 aliphatic carbocycles. The molecular weight excluding hydrogens is 140 g/mol. The largest absolute Gasteiger partial charge is 0.303 e. The summed E-state index contributed by atoms with van der Waals surface area (Å²) in [5.74, 6) is 0.157. The number of rotatable bonds is 5. The first-order valence-electron chi connectivity index (χ1n) is 3.66. The first-order valence-corrected chi connectivity index (χ1v) is 3.66. The van der Waals surface area contributed by atoms with Crippen LogP contribution in [0.1, 0.15) is 26.7 Å². The van der Waals surface area contributed by atoms with Crippen molar-refractivity contribution in [3.63, 3.8) is 0 Å². The van der Waals surface area contributed by atoms with Crippen molar-refractivity contribution in [3.8, 4) is 0 Å². The minimum Gasteiger partial charge on any atom is -0.303 e. The van der Waals surface area contributed by atoms with E-state index in [4.69, 9.17) is 0 Å². The van der Waals surface area contributed by atoms with Gasteiger partial charge in [0.1, 0.15) is 12.1 Å². The van der Waals surface area contributed by atoms with Gasteiger partial charge in [0.25, 0.3) is 0 Å². The van der Waals surface area contributed by atoms with Gasteiger partial charge in [0.05, 0.1) is 0 Å². The summed E-state index contributed by atoms with van der Waals surface area (Å²) in [6.45, 7) is 7.09. The van der Waals surface area contributed by atoms with Crippen molar-refractivity contribution in [1.82, 2.24) is 0 Å². The van der Waals surface area contributed by atoms with Crippen molar-refractivity contribution >= 4 is 12.1 Å². The lowest BCUT2D eigenvalue weighted by atomic mass is 9.93. The summed E-state index contributed by atoms with van der Waals surface area (Å²) >= 11 is 0. The van der Waals surface area contributed by atoms with E-state index in [-0.39, 0.29) is 11.7 Å². The molecule has 0 unspecified atom stereocenters.